The molecular weight excluding hydrogens is 220 g/mol. The molecule has 0 aliphatic carbocycles. The largest absolute Gasteiger partial charge is 0.481 e. The van der Waals surface area contributed by atoms with Crippen LogP contribution in [0.3, 0.4) is 0 Å². The van der Waals surface area contributed by atoms with E-state index < -0.39 is 5.97 Å². The van der Waals surface area contributed by atoms with Gasteiger partial charge in [0.05, 0.1) is 5.92 Å². The van der Waals surface area contributed by atoms with Gasteiger partial charge in [-0.15, -0.1) is 0 Å². The lowest BCUT2D eigenvalue weighted by Crippen LogP contribution is -2.28. The molecule has 70 valence electrons. The molecule has 0 amide bonds. The Morgan fingerprint density at radius 2 is 2.00 bits per heavy atom. The van der Waals surface area contributed by atoms with E-state index in [0.29, 0.717) is 0 Å². The third-order valence-corrected chi connectivity index (χ3v) is 3.80. The lowest BCUT2D eigenvalue weighted by molar-refractivity contribution is -0.143. The molecule has 0 fully saturated rings. The number of hydrogen-bond donors (Lipinski definition) is 1. The van der Waals surface area contributed by atoms with Crippen molar-refractivity contribution in [1.82, 2.24) is 0 Å². The highest BCUT2D eigenvalue weighted by Gasteiger charge is 2.33. The van der Waals surface area contributed by atoms with Crippen LogP contribution in [0.25, 0.3) is 0 Å². The van der Waals surface area contributed by atoms with Crippen LogP contribution in [0.5, 0.6) is 0 Å². The third kappa shape index (κ3) is 2.34. The zero-order valence-corrected chi connectivity index (χ0v) is 9.47. The summed E-state index contributed by atoms with van der Waals surface area (Å²) >= 11 is 3.36. The van der Waals surface area contributed by atoms with Gasteiger partial charge in [0, 0.05) is 5.41 Å². The molecule has 0 saturated carbocycles. The van der Waals surface area contributed by atoms with Crippen LogP contribution in [0.15, 0.2) is 10.6 Å². The zero-order chi connectivity index (χ0) is 9.94. The minimum Gasteiger partial charge on any atom is -0.481 e. The second-order valence-corrected chi connectivity index (χ2v) is 4.27. The Bertz CT molecular complexity index is 207. The van der Waals surface area contributed by atoms with E-state index in [2.05, 4.69) is 15.9 Å². The first kappa shape index (κ1) is 11.7. The van der Waals surface area contributed by atoms with Crippen molar-refractivity contribution in [3.05, 3.63) is 10.6 Å². The van der Waals surface area contributed by atoms with Crippen LogP contribution in [0, 0.1) is 11.3 Å². The Morgan fingerprint density at radius 1 is 1.58 bits per heavy atom. The molecular formula is C9H15BrO2. The average molecular weight is 235 g/mol. The van der Waals surface area contributed by atoms with Crippen molar-refractivity contribution in [1.29, 1.82) is 0 Å². The van der Waals surface area contributed by atoms with Crippen LogP contribution in [0.4, 0.5) is 0 Å². The number of carboxylic acid groups (broad SMARTS) is 1. The molecule has 2 nitrogen and oxygen atoms in total. The fraction of sp³-hybridized carbons (Fsp3) is 0.667. The lowest BCUT2D eigenvalue weighted by Gasteiger charge is -2.28. The second-order valence-electron chi connectivity index (χ2n) is 3.42. The molecule has 0 saturated heterocycles. The molecule has 0 aliphatic heterocycles. The van der Waals surface area contributed by atoms with Gasteiger partial charge in [0.25, 0.3) is 0 Å². The maximum Gasteiger partial charge on any atom is 0.307 e. The van der Waals surface area contributed by atoms with Gasteiger partial charge in [-0.2, -0.15) is 0 Å². The highest BCUT2D eigenvalue weighted by Crippen LogP contribution is 2.38. The molecule has 0 aromatic heterocycles. The van der Waals surface area contributed by atoms with Crippen LogP contribution in [0.1, 0.15) is 27.7 Å². The highest BCUT2D eigenvalue weighted by atomic mass is 79.9. The minimum atomic E-state index is -0.765. The van der Waals surface area contributed by atoms with Crippen LogP contribution in [-0.4, -0.2) is 11.1 Å². The normalized spacial score (nSPS) is 15.9. The predicted molar refractivity (Wildman–Crippen MR) is 53.3 cm³/mol. The number of halogens is 1. The lowest BCUT2D eigenvalue weighted by atomic mass is 9.80. The molecule has 0 bridgehead atoms. The zero-order valence-electron chi connectivity index (χ0n) is 7.89. The molecule has 3 heteroatoms. The van der Waals surface area contributed by atoms with Gasteiger partial charge in [-0.3, -0.25) is 4.79 Å². The van der Waals surface area contributed by atoms with E-state index in [1.165, 1.54) is 0 Å². The Morgan fingerprint density at radius 3 is 2.25 bits per heavy atom. The Hall–Kier alpha value is -0.310. The summed E-state index contributed by atoms with van der Waals surface area (Å²) in [6.45, 7) is 7.43. The second kappa shape index (κ2) is 4.08. The van der Waals surface area contributed by atoms with Crippen LogP contribution in [-0.2, 0) is 4.79 Å². The van der Waals surface area contributed by atoms with Gasteiger partial charge in [-0.05, 0) is 11.4 Å². The van der Waals surface area contributed by atoms with Crippen molar-refractivity contribution in [2.75, 3.05) is 0 Å². The van der Waals surface area contributed by atoms with Crippen molar-refractivity contribution in [2.45, 2.75) is 27.7 Å². The average Bonchev–Trinajstić information content (AvgIpc) is 2.01. The first-order valence-corrected chi connectivity index (χ1v) is 4.68. The van der Waals surface area contributed by atoms with Crippen LogP contribution >= 0.6 is 15.9 Å². The van der Waals surface area contributed by atoms with E-state index in [1.807, 2.05) is 26.8 Å². The molecule has 12 heavy (non-hydrogen) atoms. The quantitative estimate of drug-likeness (QED) is 0.816. The molecule has 0 aliphatic rings. The number of carboxylic acids is 1. The summed E-state index contributed by atoms with van der Waals surface area (Å²) in [6, 6.07) is 0. The summed E-state index contributed by atoms with van der Waals surface area (Å²) < 4.78 is 0.935. The van der Waals surface area contributed by atoms with Crippen molar-refractivity contribution < 1.29 is 9.90 Å². The molecule has 1 atom stereocenters. The van der Waals surface area contributed by atoms with E-state index in [4.69, 9.17) is 5.11 Å². The van der Waals surface area contributed by atoms with Gasteiger partial charge in [0.1, 0.15) is 0 Å². The predicted octanol–water partition coefficient (Wildman–Crippen LogP) is 3.03. The topological polar surface area (TPSA) is 37.3 Å². The van der Waals surface area contributed by atoms with Gasteiger partial charge < -0.3 is 5.11 Å². The summed E-state index contributed by atoms with van der Waals surface area (Å²) in [7, 11) is 0. The summed E-state index contributed by atoms with van der Waals surface area (Å²) in [5, 5.41) is 8.81. The summed E-state index contributed by atoms with van der Waals surface area (Å²) in [4.78, 5) is 10.7. The van der Waals surface area contributed by atoms with Crippen LogP contribution < -0.4 is 0 Å². The molecule has 1 N–H and O–H groups in total. The summed E-state index contributed by atoms with van der Waals surface area (Å²) in [5.74, 6) is -1.15. The van der Waals surface area contributed by atoms with Crippen LogP contribution in [0.2, 0.25) is 0 Å². The summed E-state index contributed by atoms with van der Waals surface area (Å²) in [6.07, 6.45) is 1.89. The molecule has 0 heterocycles. The van der Waals surface area contributed by atoms with Gasteiger partial charge in [-0.1, -0.05) is 42.8 Å². The Kier molecular flexibility index (Phi) is 3.97. The van der Waals surface area contributed by atoms with E-state index in [0.717, 1.165) is 4.48 Å². The first-order valence-electron chi connectivity index (χ1n) is 3.89. The van der Waals surface area contributed by atoms with Crippen molar-refractivity contribution in [3.63, 3.8) is 0 Å². The van der Waals surface area contributed by atoms with Crippen molar-refractivity contribution in [2.24, 2.45) is 11.3 Å². The van der Waals surface area contributed by atoms with Gasteiger partial charge in [-0.25, -0.2) is 0 Å². The van der Waals surface area contributed by atoms with Crippen molar-refractivity contribution >= 4 is 21.9 Å². The smallest absolute Gasteiger partial charge is 0.307 e. The van der Waals surface area contributed by atoms with Gasteiger partial charge in [0.2, 0.25) is 0 Å². The number of hydrogen-bond acceptors (Lipinski definition) is 1. The number of rotatable bonds is 3. The molecule has 0 radical (unpaired) electrons. The van der Waals surface area contributed by atoms with E-state index in [9.17, 15) is 4.79 Å². The van der Waals surface area contributed by atoms with Gasteiger partial charge >= 0.3 is 5.97 Å². The van der Waals surface area contributed by atoms with Gasteiger partial charge in [0.15, 0.2) is 0 Å². The maximum atomic E-state index is 10.7. The minimum absolute atomic E-state index is 0.333. The third-order valence-electron chi connectivity index (χ3n) is 2.32. The van der Waals surface area contributed by atoms with Crippen molar-refractivity contribution in [3.8, 4) is 0 Å². The fourth-order valence-electron chi connectivity index (χ4n) is 0.888. The molecule has 0 aromatic rings. The molecule has 0 spiro atoms. The monoisotopic (exact) mass is 234 g/mol. The van der Waals surface area contributed by atoms with E-state index in [1.54, 1.807) is 6.92 Å². The number of aliphatic carboxylic acids is 1. The summed E-state index contributed by atoms with van der Waals surface area (Å²) in [5.41, 5.74) is -0.333. The highest BCUT2D eigenvalue weighted by molar-refractivity contribution is 9.11. The Balaban J connectivity index is 4.72. The number of allylic oxidation sites excluding steroid dienone is 2. The maximum absolute atomic E-state index is 10.7. The first-order chi connectivity index (χ1) is 5.34. The fourth-order valence-corrected chi connectivity index (χ4v) is 1.23. The van der Waals surface area contributed by atoms with E-state index >= 15 is 0 Å². The standard InChI is InChI=1S/C9H15BrO2/c1-5-7(10)9(3,4)6(2)8(11)12/h5-6H,1-4H3,(H,11,12)/b7-5-. The van der Waals surface area contributed by atoms with E-state index in [-0.39, 0.29) is 11.3 Å². The number of carbonyl (C=O) groups is 1. The molecule has 1 unspecified atom stereocenters. The molecule has 0 aromatic carbocycles. The molecule has 0 rings (SSSR count). The Labute approximate surface area is 81.8 Å². The SMILES string of the molecule is C/C=C(\Br)C(C)(C)C(C)C(=O)O.